The van der Waals surface area contributed by atoms with Crippen LogP contribution in [0.3, 0.4) is 0 Å². The maximum absolute atomic E-state index is 10.2. The van der Waals surface area contributed by atoms with Crippen molar-refractivity contribution < 1.29 is 9.84 Å². The lowest BCUT2D eigenvalue weighted by atomic mass is 9.77. The van der Waals surface area contributed by atoms with E-state index in [0.717, 1.165) is 19.4 Å². The van der Waals surface area contributed by atoms with Crippen molar-refractivity contribution in [2.24, 2.45) is 5.92 Å². The molecule has 3 atom stereocenters. The van der Waals surface area contributed by atoms with Crippen molar-refractivity contribution in [3.63, 3.8) is 0 Å². The van der Waals surface area contributed by atoms with Crippen LogP contribution in [0.5, 0.6) is 0 Å². The Labute approximate surface area is 67.6 Å². The summed E-state index contributed by atoms with van der Waals surface area (Å²) in [5, 5.41) is 10.2. The molecule has 11 heavy (non-hydrogen) atoms. The molecule has 1 saturated heterocycles. The monoisotopic (exact) mass is 156 g/mol. The number of rotatable bonds is 0. The summed E-state index contributed by atoms with van der Waals surface area (Å²) < 4.78 is 5.52. The topological polar surface area (TPSA) is 29.5 Å². The van der Waals surface area contributed by atoms with Crippen molar-refractivity contribution in [3.8, 4) is 0 Å². The van der Waals surface area contributed by atoms with Gasteiger partial charge >= 0.3 is 0 Å². The van der Waals surface area contributed by atoms with E-state index in [-0.39, 0.29) is 6.10 Å². The van der Waals surface area contributed by atoms with E-state index >= 15 is 0 Å². The molecular weight excluding hydrogens is 140 g/mol. The Balaban J connectivity index is 2.16. The first-order chi connectivity index (χ1) is 5.23. The molecule has 0 amide bonds. The van der Waals surface area contributed by atoms with E-state index in [1.54, 1.807) is 0 Å². The fourth-order valence-corrected chi connectivity index (χ4v) is 2.35. The van der Waals surface area contributed by atoms with Crippen LogP contribution < -0.4 is 0 Å². The molecule has 2 heteroatoms. The van der Waals surface area contributed by atoms with Gasteiger partial charge in [0.05, 0.1) is 18.3 Å². The second kappa shape index (κ2) is 2.46. The highest BCUT2D eigenvalue weighted by atomic mass is 16.5. The quantitative estimate of drug-likeness (QED) is 0.573. The van der Waals surface area contributed by atoms with Gasteiger partial charge in [-0.25, -0.2) is 0 Å². The summed E-state index contributed by atoms with van der Waals surface area (Å²) in [4.78, 5) is 0. The van der Waals surface area contributed by atoms with Gasteiger partial charge in [-0.1, -0.05) is 19.8 Å². The van der Waals surface area contributed by atoms with Crippen LogP contribution in [0.2, 0.25) is 0 Å². The van der Waals surface area contributed by atoms with E-state index in [9.17, 15) is 5.11 Å². The Hall–Kier alpha value is -0.0800. The maximum atomic E-state index is 10.2. The lowest BCUT2D eigenvalue weighted by Gasteiger charge is -2.35. The molecule has 0 radical (unpaired) electrons. The summed E-state index contributed by atoms with van der Waals surface area (Å²) in [6.45, 7) is 2.84. The molecule has 0 aromatic heterocycles. The average molecular weight is 156 g/mol. The Morgan fingerprint density at radius 2 is 2.27 bits per heavy atom. The minimum atomic E-state index is -0.474. The zero-order valence-corrected chi connectivity index (χ0v) is 7.05. The van der Waals surface area contributed by atoms with Crippen molar-refractivity contribution in [1.29, 1.82) is 0 Å². The molecule has 1 N–H and O–H groups in total. The first-order valence-electron chi connectivity index (χ1n) is 4.57. The molecule has 1 saturated carbocycles. The Kier molecular flexibility index (Phi) is 1.69. The van der Waals surface area contributed by atoms with E-state index in [2.05, 4.69) is 6.92 Å². The van der Waals surface area contributed by atoms with Crippen LogP contribution in [-0.2, 0) is 4.74 Å². The molecule has 1 heterocycles. The molecule has 2 nitrogen and oxygen atoms in total. The minimum absolute atomic E-state index is 0.145. The molecule has 64 valence electrons. The summed E-state index contributed by atoms with van der Waals surface area (Å²) in [6, 6.07) is 0. The van der Waals surface area contributed by atoms with Crippen LogP contribution in [0.15, 0.2) is 0 Å². The molecule has 0 unspecified atom stereocenters. The van der Waals surface area contributed by atoms with Crippen molar-refractivity contribution in [2.45, 2.75) is 44.3 Å². The first kappa shape index (κ1) is 7.56. The van der Waals surface area contributed by atoms with Gasteiger partial charge in [-0.2, -0.15) is 0 Å². The summed E-state index contributed by atoms with van der Waals surface area (Å²) in [5.41, 5.74) is -0.474. The maximum Gasteiger partial charge on any atom is 0.0955 e. The lowest BCUT2D eigenvalue weighted by Crippen LogP contribution is -2.44. The third-order valence-electron chi connectivity index (χ3n) is 3.25. The van der Waals surface area contributed by atoms with Gasteiger partial charge in [-0.05, 0) is 12.8 Å². The molecule has 1 aliphatic carbocycles. The Morgan fingerprint density at radius 3 is 3.00 bits per heavy atom. The lowest BCUT2D eigenvalue weighted by molar-refractivity contribution is -0.0758. The molecule has 2 fully saturated rings. The summed E-state index contributed by atoms with van der Waals surface area (Å²) >= 11 is 0. The average Bonchev–Trinajstić information content (AvgIpc) is 2.29. The van der Waals surface area contributed by atoms with Gasteiger partial charge in [0.15, 0.2) is 0 Å². The molecule has 2 aliphatic rings. The number of fused-ring (bicyclic) bond motifs is 1. The standard InChI is InChI=1S/C9H16O2/c1-7-6-11-8-4-2-3-5-9(7,8)10/h7-8,10H,2-6H2,1H3/t7-,8-,9+/m1/s1. The predicted octanol–water partition coefficient (Wildman–Crippen LogP) is 1.33. The van der Waals surface area contributed by atoms with Gasteiger partial charge in [-0.15, -0.1) is 0 Å². The van der Waals surface area contributed by atoms with Gasteiger partial charge in [0.25, 0.3) is 0 Å². The largest absolute Gasteiger partial charge is 0.387 e. The van der Waals surface area contributed by atoms with E-state index in [1.807, 2.05) is 0 Å². The van der Waals surface area contributed by atoms with Crippen LogP contribution in [0, 0.1) is 5.92 Å². The smallest absolute Gasteiger partial charge is 0.0955 e. The molecule has 0 bridgehead atoms. The Bertz CT molecular complexity index is 156. The fraction of sp³-hybridized carbons (Fsp3) is 1.00. The molecule has 1 aliphatic heterocycles. The number of hydrogen-bond acceptors (Lipinski definition) is 2. The second-order valence-corrected chi connectivity index (χ2v) is 3.96. The SMILES string of the molecule is C[C@@H]1CO[C@@H]2CCCC[C@]12O. The van der Waals surface area contributed by atoms with E-state index in [0.29, 0.717) is 5.92 Å². The molecule has 2 rings (SSSR count). The van der Waals surface area contributed by atoms with Gasteiger partial charge in [0, 0.05) is 5.92 Å². The molecular formula is C9H16O2. The highest BCUT2D eigenvalue weighted by Gasteiger charge is 2.48. The predicted molar refractivity (Wildman–Crippen MR) is 42.3 cm³/mol. The zero-order valence-electron chi connectivity index (χ0n) is 7.05. The van der Waals surface area contributed by atoms with Crippen molar-refractivity contribution in [3.05, 3.63) is 0 Å². The van der Waals surface area contributed by atoms with Gasteiger partial charge in [0.2, 0.25) is 0 Å². The van der Waals surface area contributed by atoms with Crippen LogP contribution in [0.25, 0.3) is 0 Å². The molecule has 0 spiro atoms. The van der Waals surface area contributed by atoms with E-state index < -0.39 is 5.60 Å². The Morgan fingerprint density at radius 1 is 1.45 bits per heavy atom. The van der Waals surface area contributed by atoms with Gasteiger partial charge < -0.3 is 9.84 Å². The van der Waals surface area contributed by atoms with E-state index in [1.165, 1.54) is 12.8 Å². The van der Waals surface area contributed by atoms with Crippen LogP contribution in [-0.4, -0.2) is 23.4 Å². The summed E-state index contributed by atoms with van der Waals surface area (Å²) in [5.74, 6) is 0.341. The van der Waals surface area contributed by atoms with Crippen molar-refractivity contribution in [2.75, 3.05) is 6.61 Å². The molecule has 0 aromatic rings. The van der Waals surface area contributed by atoms with Gasteiger partial charge in [0.1, 0.15) is 0 Å². The summed E-state index contributed by atoms with van der Waals surface area (Å²) in [6.07, 6.45) is 4.53. The van der Waals surface area contributed by atoms with Crippen LogP contribution >= 0.6 is 0 Å². The minimum Gasteiger partial charge on any atom is -0.387 e. The second-order valence-electron chi connectivity index (χ2n) is 3.96. The third kappa shape index (κ3) is 1.00. The number of hydrogen-bond donors (Lipinski definition) is 1. The number of ether oxygens (including phenoxy) is 1. The van der Waals surface area contributed by atoms with Crippen molar-refractivity contribution in [1.82, 2.24) is 0 Å². The normalized spacial score (nSPS) is 50.7. The highest BCUT2D eigenvalue weighted by molar-refractivity contribution is 4.98. The van der Waals surface area contributed by atoms with E-state index in [4.69, 9.17) is 4.74 Å². The van der Waals surface area contributed by atoms with Gasteiger partial charge in [-0.3, -0.25) is 0 Å². The third-order valence-corrected chi connectivity index (χ3v) is 3.25. The van der Waals surface area contributed by atoms with Crippen molar-refractivity contribution >= 4 is 0 Å². The number of aliphatic hydroxyl groups is 1. The zero-order chi connectivity index (χ0) is 7.90. The highest BCUT2D eigenvalue weighted by Crippen LogP contribution is 2.41. The first-order valence-corrected chi connectivity index (χ1v) is 4.57. The van der Waals surface area contributed by atoms with Crippen LogP contribution in [0.1, 0.15) is 32.6 Å². The van der Waals surface area contributed by atoms with Crippen LogP contribution in [0.4, 0.5) is 0 Å². The molecule has 0 aromatic carbocycles. The summed E-state index contributed by atoms with van der Waals surface area (Å²) in [7, 11) is 0. The fourth-order valence-electron chi connectivity index (χ4n) is 2.35.